The lowest BCUT2D eigenvalue weighted by Gasteiger charge is -2.16. The van der Waals surface area contributed by atoms with Gasteiger partial charge in [-0.25, -0.2) is 4.57 Å². The third kappa shape index (κ3) is 3.81. The highest BCUT2D eigenvalue weighted by molar-refractivity contribution is 7.18. The molecule has 2 unspecified atom stereocenters. The molecule has 0 heterocycles. The second-order valence-corrected chi connectivity index (χ2v) is 2.79. The van der Waals surface area contributed by atoms with Crippen molar-refractivity contribution in [2.45, 2.75) is 20.0 Å². The minimum absolute atomic E-state index is 0.285. The van der Waals surface area contributed by atoms with Gasteiger partial charge in [0.2, 0.25) is 0 Å². The second kappa shape index (κ2) is 6.45. The molecule has 0 aliphatic carbocycles. The van der Waals surface area contributed by atoms with E-state index in [4.69, 9.17) is 9.84 Å². The van der Waals surface area contributed by atoms with Crippen molar-refractivity contribution < 1.29 is 28.5 Å². The summed E-state index contributed by atoms with van der Waals surface area (Å²) >= 11 is 0. The molecule has 0 aromatic heterocycles. The lowest BCUT2D eigenvalue weighted by atomic mass is 10.0. The van der Waals surface area contributed by atoms with E-state index in [-0.39, 0.29) is 6.61 Å². The lowest BCUT2D eigenvalue weighted by molar-refractivity contribution is -0.159. The molecule has 0 aromatic carbocycles. The predicted octanol–water partition coefficient (Wildman–Crippen LogP) is 0.862. The fourth-order valence-electron chi connectivity index (χ4n) is 0.946. The Kier molecular flexibility index (Phi) is 5.99. The number of hydrogen-bond donors (Lipinski definition) is 1. The smallest absolute Gasteiger partial charge is 0.398 e. The van der Waals surface area contributed by atoms with Crippen LogP contribution in [0.4, 0.5) is 0 Å². The molecule has 0 amide bonds. The fourth-order valence-corrected chi connectivity index (χ4v) is 1.13. The maximum Gasteiger partial charge on any atom is 0.398 e. The Morgan fingerprint density at radius 3 is 2.43 bits per heavy atom. The molecule has 0 aromatic rings. The van der Waals surface area contributed by atoms with Crippen LogP contribution in [0.5, 0.6) is 0 Å². The first-order valence-corrected chi connectivity index (χ1v) is 4.65. The first-order valence-electron chi connectivity index (χ1n) is 3.92. The predicted molar refractivity (Wildman–Crippen MR) is 45.9 cm³/mol. The van der Waals surface area contributed by atoms with Gasteiger partial charge in [-0.2, -0.15) is 0 Å². The van der Waals surface area contributed by atoms with Gasteiger partial charge in [0.05, 0.1) is 6.10 Å². The highest BCUT2D eigenvalue weighted by atomic mass is 31.1. The summed E-state index contributed by atoms with van der Waals surface area (Å²) in [7, 11) is -0.864. The summed E-state index contributed by atoms with van der Waals surface area (Å²) in [4.78, 5) is 21.7. The van der Waals surface area contributed by atoms with Gasteiger partial charge >= 0.3 is 20.6 Å². The zero-order valence-corrected chi connectivity index (χ0v) is 8.69. The molecule has 2 atom stereocenters. The second-order valence-electron chi connectivity index (χ2n) is 2.46. The number of hydrogen-bond acceptors (Lipinski definition) is 5. The van der Waals surface area contributed by atoms with Gasteiger partial charge < -0.3 is 14.4 Å². The number of ether oxygens (including phenoxy) is 1. The van der Waals surface area contributed by atoms with Gasteiger partial charge in [-0.15, -0.1) is 0 Å². The maximum atomic E-state index is 11.0. The minimum atomic E-state index is -1.45. The molecule has 0 bridgehead atoms. The largest absolute Gasteiger partial charge is 0.481 e. The number of carboxylic acids is 1. The number of rotatable bonds is 6. The number of carboxylic acid groups (broad SMARTS) is 1. The maximum absolute atomic E-state index is 11.0. The average Bonchev–Trinajstić information content (AvgIpc) is 2.04. The molecule has 0 rings (SSSR count). The van der Waals surface area contributed by atoms with E-state index >= 15 is 0 Å². The van der Waals surface area contributed by atoms with Crippen LogP contribution in [0.2, 0.25) is 0 Å². The number of aliphatic carboxylic acids is 1. The van der Waals surface area contributed by atoms with Gasteiger partial charge in [-0.1, -0.05) is 0 Å². The van der Waals surface area contributed by atoms with Crippen LogP contribution < -0.4 is 0 Å². The van der Waals surface area contributed by atoms with E-state index in [2.05, 4.69) is 4.52 Å². The molecule has 6 nitrogen and oxygen atoms in total. The Hall–Kier alpha value is -1.00. The van der Waals surface area contributed by atoms with Crippen LogP contribution in [0.15, 0.2) is 0 Å². The Bertz CT molecular complexity index is 228. The van der Waals surface area contributed by atoms with E-state index in [1.54, 1.807) is 6.92 Å². The quantitative estimate of drug-likeness (QED) is 0.529. The van der Waals surface area contributed by atoms with Gasteiger partial charge in [0.1, 0.15) is 0 Å². The topological polar surface area (TPSA) is 89.9 Å². The zero-order chi connectivity index (χ0) is 11.1. The molecule has 0 saturated carbocycles. The first-order chi connectivity index (χ1) is 6.54. The Morgan fingerprint density at radius 1 is 1.50 bits per heavy atom. The van der Waals surface area contributed by atoms with Crippen molar-refractivity contribution in [3.63, 3.8) is 0 Å². The molecule has 14 heavy (non-hydrogen) atoms. The molecular weight excluding hydrogens is 211 g/mol. The SMILES string of the molecule is CCOC(C)C(C(=O)O)C(=O)OP=O. The van der Waals surface area contributed by atoms with Crippen LogP contribution >= 0.6 is 8.69 Å². The van der Waals surface area contributed by atoms with Gasteiger partial charge in [0.25, 0.3) is 0 Å². The van der Waals surface area contributed by atoms with Crippen molar-refractivity contribution in [2.75, 3.05) is 6.61 Å². The normalized spacial score (nSPS) is 14.7. The molecule has 0 saturated heterocycles. The highest BCUT2D eigenvalue weighted by Crippen LogP contribution is 2.13. The van der Waals surface area contributed by atoms with Crippen LogP contribution in [0.1, 0.15) is 13.8 Å². The fraction of sp³-hybridized carbons (Fsp3) is 0.714. The summed E-state index contributed by atoms with van der Waals surface area (Å²) in [6.45, 7) is 3.39. The van der Waals surface area contributed by atoms with Crippen molar-refractivity contribution in [1.29, 1.82) is 0 Å². The Labute approximate surface area is 82.5 Å². The highest BCUT2D eigenvalue weighted by Gasteiger charge is 2.34. The van der Waals surface area contributed by atoms with E-state index in [9.17, 15) is 14.2 Å². The van der Waals surface area contributed by atoms with Crippen LogP contribution in [0, 0.1) is 5.92 Å². The molecule has 0 spiro atoms. The Balaban J connectivity index is 4.49. The average molecular weight is 222 g/mol. The van der Waals surface area contributed by atoms with Crippen LogP contribution in [-0.4, -0.2) is 29.8 Å². The third-order valence-electron chi connectivity index (χ3n) is 1.55. The van der Waals surface area contributed by atoms with E-state index in [1.165, 1.54) is 6.92 Å². The molecule has 0 aliphatic rings. The van der Waals surface area contributed by atoms with Crippen LogP contribution in [0.3, 0.4) is 0 Å². The lowest BCUT2D eigenvalue weighted by Crippen LogP contribution is -2.35. The zero-order valence-electron chi connectivity index (χ0n) is 7.80. The first kappa shape index (κ1) is 13.0. The van der Waals surface area contributed by atoms with Gasteiger partial charge in [-0.05, 0) is 13.8 Å². The van der Waals surface area contributed by atoms with E-state index in [0.717, 1.165) is 0 Å². The molecule has 0 aliphatic heterocycles. The van der Waals surface area contributed by atoms with Gasteiger partial charge in [0.15, 0.2) is 5.92 Å². The molecule has 80 valence electrons. The summed E-state index contributed by atoms with van der Waals surface area (Å²) in [6.07, 6.45) is -0.813. The molecule has 1 N–H and O–H groups in total. The minimum Gasteiger partial charge on any atom is -0.481 e. The summed E-state index contributed by atoms with van der Waals surface area (Å²) < 4.78 is 18.9. The monoisotopic (exact) mass is 222 g/mol. The van der Waals surface area contributed by atoms with E-state index < -0.39 is 32.6 Å². The third-order valence-corrected chi connectivity index (χ3v) is 1.80. The molecule has 0 fully saturated rings. The van der Waals surface area contributed by atoms with Gasteiger partial charge in [0, 0.05) is 6.61 Å². The Morgan fingerprint density at radius 2 is 2.07 bits per heavy atom. The van der Waals surface area contributed by atoms with Crippen molar-refractivity contribution in [3.05, 3.63) is 0 Å². The van der Waals surface area contributed by atoms with E-state index in [1.807, 2.05) is 0 Å². The van der Waals surface area contributed by atoms with Crippen molar-refractivity contribution in [1.82, 2.24) is 0 Å². The van der Waals surface area contributed by atoms with Crippen molar-refractivity contribution >= 4 is 20.6 Å². The molecule has 0 radical (unpaired) electrons. The van der Waals surface area contributed by atoms with Crippen molar-refractivity contribution in [2.24, 2.45) is 5.92 Å². The van der Waals surface area contributed by atoms with Gasteiger partial charge in [-0.3, -0.25) is 9.59 Å². The summed E-state index contributed by atoms with van der Waals surface area (Å²) in [5.41, 5.74) is 0. The number of carbonyl (C=O) groups is 2. The van der Waals surface area contributed by atoms with Crippen molar-refractivity contribution in [3.8, 4) is 0 Å². The summed E-state index contributed by atoms with van der Waals surface area (Å²) in [5.74, 6) is -3.88. The van der Waals surface area contributed by atoms with Crippen LogP contribution in [-0.2, 0) is 23.4 Å². The van der Waals surface area contributed by atoms with Crippen LogP contribution in [0.25, 0.3) is 0 Å². The van der Waals surface area contributed by atoms with E-state index in [0.29, 0.717) is 0 Å². The summed E-state index contributed by atoms with van der Waals surface area (Å²) in [5, 5.41) is 8.68. The molecule has 7 heteroatoms. The number of carbonyl (C=O) groups excluding carboxylic acids is 1. The summed E-state index contributed by atoms with van der Waals surface area (Å²) in [6, 6.07) is 0. The standard InChI is InChI=1S/C7H11O6P/c1-3-12-4(2)5(6(8)9)7(10)13-14-11/h4-5H,3H2,1-2H3,(H,8,9). The molecular formula is C7H11O6P.